The van der Waals surface area contributed by atoms with Gasteiger partial charge in [0.25, 0.3) is 5.76 Å². The number of thioether (sulfide) groups is 1. The Morgan fingerprint density at radius 3 is 2.48 bits per heavy atom. The van der Waals surface area contributed by atoms with Gasteiger partial charge in [-0.2, -0.15) is 14.0 Å². The summed E-state index contributed by atoms with van der Waals surface area (Å²) in [5, 5.41) is 8.99. The van der Waals surface area contributed by atoms with Gasteiger partial charge in [0.1, 0.15) is 5.82 Å². The van der Waals surface area contributed by atoms with Crippen molar-refractivity contribution in [2.45, 2.75) is 17.2 Å². The molecule has 0 atom stereocenters. The van der Waals surface area contributed by atoms with E-state index in [2.05, 4.69) is 20.9 Å². The molecule has 2 aromatic rings. The van der Waals surface area contributed by atoms with E-state index in [-0.39, 0.29) is 0 Å². The smallest absolute Gasteiger partial charge is 0.288 e. The molecule has 1 aliphatic rings. The van der Waals surface area contributed by atoms with Crippen LogP contribution >= 0.6 is 11.8 Å². The van der Waals surface area contributed by atoms with Crippen LogP contribution in [0.4, 0.5) is 14.6 Å². The lowest BCUT2D eigenvalue weighted by molar-refractivity contribution is 0.249. The van der Waals surface area contributed by atoms with Crippen LogP contribution in [-0.4, -0.2) is 41.8 Å². The summed E-state index contributed by atoms with van der Waals surface area (Å²) in [4.78, 5) is 9.45. The highest BCUT2D eigenvalue weighted by Gasteiger charge is 2.18. The summed E-state index contributed by atoms with van der Waals surface area (Å²) in [6, 6.07) is 13.0. The predicted octanol–water partition coefficient (Wildman–Crippen LogP) is 3.59. The van der Waals surface area contributed by atoms with Crippen LogP contribution in [0.1, 0.15) is 11.1 Å². The molecule has 3 rings (SSSR count). The van der Waals surface area contributed by atoms with Crippen molar-refractivity contribution in [3.63, 3.8) is 0 Å². The van der Waals surface area contributed by atoms with Crippen LogP contribution in [0.2, 0.25) is 0 Å². The van der Waals surface area contributed by atoms with E-state index in [1.54, 1.807) is 24.4 Å². The van der Waals surface area contributed by atoms with Crippen LogP contribution in [0.15, 0.2) is 47.5 Å². The molecular formula is C18H18F2N4S. The van der Waals surface area contributed by atoms with Crippen LogP contribution in [-0.2, 0) is 6.54 Å². The lowest BCUT2D eigenvalue weighted by Crippen LogP contribution is -2.46. The molecule has 1 fully saturated rings. The molecular weight excluding hydrogens is 342 g/mol. The minimum absolute atomic E-state index is 0.571. The van der Waals surface area contributed by atoms with Gasteiger partial charge in [-0.1, -0.05) is 23.9 Å². The zero-order valence-corrected chi connectivity index (χ0v) is 14.4. The lowest BCUT2D eigenvalue weighted by Gasteiger charge is -2.35. The third kappa shape index (κ3) is 4.91. The zero-order valence-electron chi connectivity index (χ0n) is 13.6. The molecule has 7 heteroatoms. The van der Waals surface area contributed by atoms with Crippen molar-refractivity contribution in [2.24, 2.45) is 0 Å². The molecule has 25 heavy (non-hydrogen) atoms. The Morgan fingerprint density at radius 1 is 1.12 bits per heavy atom. The van der Waals surface area contributed by atoms with Gasteiger partial charge in [0.05, 0.1) is 11.6 Å². The first-order valence-electron chi connectivity index (χ1n) is 8.01. The molecule has 0 N–H and O–H groups in total. The van der Waals surface area contributed by atoms with Gasteiger partial charge in [0.15, 0.2) is 0 Å². The van der Waals surface area contributed by atoms with Crippen LogP contribution in [0.5, 0.6) is 0 Å². The average molecular weight is 360 g/mol. The quantitative estimate of drug-likeness (QED) is 0.763. The van der Waals surface area contributed by atoms with Crippen LogP contribution in [0, 0.1) is 11.3 Å². The van der Waals surface area contributed by atoms with Crippen LogP contribution in [0.3, 0.4) is 0 Å². The minimum Gasteiger partial charge on any atom is -0.354 e. The molecule has 0 unspecified atom stereocenters. The topological polar surface area (TPSA) is 43.2 Å². The Labute approximate surface area is 150 Å². The minimum atomic E-state index is -2.38. The van der Waals surface area contributed by atoms with Gasteiger partial charge < -0.3 is 4.90 Å². The third-order valence-electron chi connectivity index (χ3n) is 4.13. The van der Waals surface area contributed by atoms with Gasteiger partial charge >= 0.3 is 0 Å². The number of nitrogens with zero attached hydrogens (tertiary/aromatic N) is 4. The number of halogens is 2. The first-order chi connectivity index (χ1) is 12.1. The van der Waals surface area contributed by atoms with Crippen molar-refractivity contribution in [3.05, 3.63) is 53.7 Å². The van der Waals surface area contributed by atoms with E-state index in [9.17, 15) is 8.78 Å². The molecule has 2 heterocycles. The highest BCUT2D eigenvalue weighted by Crippen LogP contribution is 2.25. The maximum Gasteiger partial charge on any atom is 0.288 e. The fourth-order valence-corrected chi connectivity index (χ4v) is 3.33. The largest absolute Gasteiger partial charge is 0.354 e. The van der Waals surface area contributed by atoms with E-state index in [0.717, 1.165) is 44.1 Å². The van der Waals surface area contributed by atoms with Crippen molar-refractivity contribution in [2.75, 3.05) is 31.1 Å². The van der Waals surface area contributed by atoms with Gasteiger partial charge in [-0.05, 0) is 29.8 Å². The van der Waals surface area contributed by atoms with E-state index in [1.807, 2.05) is 18.2 Å². The maximum absolute atomic E-state index is 12.3. The van der Waals surface area contributed by atoms with E-state index in [4.69, 9.17) is 5.26 Å². The van der Waals surface area contributed by atoms with E-state index < -0.39 is 5.76 Å². The van der Waals surface area contributed by atoms with E-state index in [1.165, 1.54) is 0 Å². The van der Waals surface area contributed by atoms with Crippen LogP contribution < -0.4 is 4.90 Å². The first-order valence-corrected chi connectivity index (χ1v) is 8.89. The maximum atomic E-state index is 12.3. The number of benzene rings is 1. The van der Waals surface area contributed by atoms with E-state index >= 15 is 0 Å². The summed E-state index contributed by atoms with van der Waals surface area (Å²) in [7, 11) is 0. The molecule has 0 spiro atoms. The standard InChI is InChI=1S/C18H18F2N4S/c19-18(20)25-16-3-1-14(2-4-16)13-23-7-9-24(10-8-23)17-11-15(12-21)5-6-22-17/h1-6,11,18H,7-10,13H2. The zero-order chi connectivity index (χ0) is 17.6. The molecule has 1 aliphatic heterocycles. The van der Waals surface area contributed by atoms with E-state index in [0.29, 0.717) is 22.2 Å². The summed E-state index contributed by atoms with van der Waals surface area (Å²) in [6.07, 6.45) is 1.67. The molecule has 0 bridgehead atoms. The number of pyridine rings is 1. The number of hydrogen-bond acceptors (Lipinski definition) is 5. The monoisotopic (exact) mass is 360 g/mol. The number of alkyl halides is 2. The Morgan fingerprint density at radius 2 is 1.84 bits per heavy atom. The fourth-order valence-electron chi connectivity index (χ4n) is 2.83. The van der Waals surface area contributed by atoms with Crippen molar-refractivity contribution < 1.29 is 8.78 Å². The Balaban J connectivity index is 1.53. The second-order valence-corrected chi connectivity index (χ2v) is 6.86. The number of aromatic nitrogens is 1. The number of anilines is 1. The van der Waals surface area contributed by atoms with Gasteiger partial charge in [0.2, 0.25) is 0 Å². The summed E-state index contributed by atoms with van der Waals surface area (Å²) in [5.41, 5.74) is 1.74. The molecule has 4 nitrogen and oxygen atoms in total. The fraction of sp³-hybridized carbons (Fsp3) is 0.333. The summed E-state index contributed by atoms with van der Waals surface area (Å²) >= 11 is 0.571. The predicted molar refractivity (Wildman–Crippen MR) is 94.7 cm³/mol. The molecule has 0 saturated carbocycles. The lowest BCUT2D eigenvalue weighted by atomic mass is 10.2. The molecule has 1 aromatic carbocycles. The van der Waals surface area contributed by atoms with Gasteiger partial charge in [-0.15, -0.1) is 0 Å². The number of hydrogen-bond donors (Lipinski definition) is 0. The second kappa shape index (κ2) is 8.28. The normalized spacial score (nSPS) is 15.4. The van der Waals surface area contributed by atoms with Gasteiger partial charge in [0, 0.05) is 43.8 Å². The van der Waals surface area contributed by atoms with Gasteiger partial charge in [-0.3, -0.25) is 4.90 Å². The number of rotatable bonds is 5. The molecule has 1 saturated heterocycles. The Hall–Kier alpha value is -2.17. The summed E-state index contributed by atoms with van der Waals surface area (Å²) < 4.78 is 24.7. The molecule has 1 aromatic heterocycles. The number of piperazine rings is 1. The SMILES string of the molecule is N#Cc1ccnc(N2CCN(Cc3ccc(SC(F)F)cc3)CC2)c1. The third-order valence-corrected chi connectivity index (χ3v) is 4.85. The highest BCUT2D eigenvalue weighted by molar-refractivity contribution is 7.99. The van der Waals surface area contributed by atoms with Crippen molar-refractivity contribution >= 4 is 17.6 Å². The Kier molecular flexibility index (Phi) is 5.84. The number of nitriles is 1. The summed E-state index contributed by atoms with van der Waals surface area (Å²) in [6.45, 7) is 4.29. The molecule has 0 amide bonds. The highest BCUT2D eigenvalue weighted by atomic mass is 32.2. The first kappa shape index (κ1) is 17.6. The average Bonchev–Trinajstić information content (AvgIpc) is 2.63. The Bertz CT molecular complexity index is 737. The second-order valence-electron chi connectivity index (χ2n) is 5.80. The van der Waals surface area contributed by atoms with Crippen LogP contribution in [0.25, 0.3) is 0 Å². The molecule has 0 radical (unpaired) electrons. The van der Waals surface area contributed by atoms with Gasteiger partial charge in [-0.25, -0.2) is 4.98 Å². The summed E-state index contributed by atoms with van der Waals surface area (Å²) in [5.74, 6) is -1.54. The van der Waals surface area contributed by atoms with Crippen molar-refractivity contribution in [1.82, 2.24) is 9.88 Å². The molecule has 130 valence electrons. The molecule has 0 aliphatic carbocycles. The van der Waals surface area contributed by atoms with Crippen molar-refractivity contribution in [3.8, 4) is 6.07 Å². The van der Waals surface area contributed by atoms with Crippen molar-refractivity contribution in [1.29, 1.82) is 5.26 Å².